The smallest absolute Gasteiger partial charge is 0.255 e. The number of rotatable bonds is 4. The van der Waals surface area contributed by atoms with Crippen LogP contribution in [0.4, 0.5) is 5.69 Å². The van der Waals surface area contributed by atoms with Crippen molar-refractivity contribution in [1.82, 2.24) is 4.98 Å². The van der Waals surface area contributed by atoms with Gasteiger partial charge in [-0.3, -0.25) is 4.79 Å². The summed E-state index contributed by atoms with van der Waals surface area (Å²) in [6.45, 7) is 0. The second-order valence-electron chi connectivity index (χ2n) is 7.11. The molecular formula is C24H15N2O5S-. The Kier molecular flexibility index (Phi) is 4.73. The van der Waals surface area contributed by atoms with Gasteiger partial charge in [-0.2, -0.15) is 0 Å². The minimum atomic E-state index is -4.89. The maximum atomic E-state index is 12.7. The number of carbonyl (C=O) groups is 1. The molecule has 0 aliphatic rings. The lowest BCUT2D eigenvalue weighted by Gasteiger charge is -2.15. The van der Waals surface area contributed by atoms with Crippen molar-refractivity contribution in [3.05, 3.63) is 90.5 Å². The topological polar surface area (TPSA) is 112 Å². The van der Waals surface area contributed by atoms with Crippen LogP contribution in [0.1, 0.15) is 10.4 Å². The Hall–Kier alpha value is -4.01. The molecule has 0 aliphatic heterocycles. The van der Waals surface area contributed by atoms with Crippen molar-refractivity contribution in [3.8, 4) is 11.5 Å². The number of hydrogen-bond donors (Lipinski definition) is 1. The van der Waals surface area contributed by atoms with Crippen LogP contribution in [0.15, 0.2) is 94.2 Å². The summed E-state index contributed by atoms with van der Waals surface area (Å²) >= 11 is 0. The van der Waals surface area contributed by atoms with Gasteiger partial charge in [0.05, 0.1) is 10.6 Å². The maximum Gasteiger partial charge on any atom is 0.255 e. The molecule has 5 rings (SSSR count). The predicted molar refractivity (Wildman–Crippen MR) is 119 cm³/mol. The van der Waals surface area contributed by atoms with Crippen LogP contribution in [0.25, 0.3) is 33.3 Å². The summed E-state index contributed by atoms with van der Waals surface area (Å²) in [5, 5.41) is 3.19. The van der Waals surface area contributed by atoms with E-state index in [2.05, 4.69) is 10.3 Å². The van der Waals surface area contributed by atoms with Gasteiger partial charge in [0.2, 0.25) is 5.89 Å². The van der Waals surface area contributed by atoms with Crippen molar-refractivity contribution in [1.29, 1.82) is 0 Å². The highest BCUT2D eigenvalue weighted by Gasteiger charge is 2.20. The molecule has 5 aromatic rings. The quantitative estimate of drug-likeness (QED) is 0.399. The zero-order chi connectivity index (χ0) is 22.3. The highest BCUT2D eigenvalue weighted by molar-refractivity contribution is 7.86. The number of amides is 1. The first-order valence-electron chi connectivity index (χ1n) is 9.66. The Balaban J connectivity index is 1.75. The van der Waals surface area contributed by atoms with Crippen molar-refractivity contribution in [2.45, 2.75) is 4.90 Å². The highest BCUT2D eigenvalue weighted by atomic mass is 32.2. The summed E-state index contributed by atoms with van der Waals surface area (Å²) in [4.78, 5) is 16.7. The van der Waals surface area contributed by atoms with Gasteiger partial charge in [-0.15, -0.1) is 0 Å². The molecule has 0 spiro atoms. The number of aromatic nitrogens is 1. The molecule has 0 unspecified atom stereocenters. The number of carbonyl (C=O) groups excluding carboxylic acids is 1. The molecule has 8 heteroatoms. The minimum Gasteiger partial charge on any atom is -0.744 e. The SMILES string of the molecule is O=C(Nc1cccc2c1c(S(=O)(=O)[O-])cc1oc(-c3ccccc3)nc12)c1ccccc1. The van der Waals surface area contributed by atoms with E-state index in [0.29, 0.717) is 27.9 Å². The fourth-order valence-electron chi connectivity index (χ4n) is 3.62. The van der Waals surface area contributed by atoms with Crippen molar-refractivity contribution in [2.75, 3.05) is 5.32 Å². The standard InChI is InChI=1S/C24H16N2O5S/c27-23(15-8-3-1-4-9-15)25-18-13-7-12-17-21(18)20(32(28,29)30)14-19-22(17)26-24(31-19)16-10-5-2-6-11-16/h1-14H,(H,25,27)(H,28,29,30)/p-1. The highest BCUT2D eigenvalue weighted by Crippen LogP contribution is 2.37. The van der Waals surface area contributed by atoms with Crippen LogP contribution in [0.3, 0.4) is 0 Å². The van der Waals surface area contributed by atoms with Crippen LogP contribution in [0.5, 0.6) is 0 Å². The van der Waals surface area contributed by atoms with Crippen LogP contribution in [0, 0.1) is 0 Å². The monoisotopic (exact) mass is 443 g/mol. The largest absolute Gasteiger partial charge is 0.744 e. The van der Waals surface area contributed by atoms with Gasteiger partial charge < -0.3 is 14.3 Å². The second kappa shape index (κ2) is 7.60. The molecule has 0 radical (unpaired) electrons. The predicted octanol–water partition coefficient (Wildman–Crippen LogP) is 4.80. The van der Waals surface area contributed by atoms with E-state index in [0.717, 1.165) is 6.07 Å². The van der Waals surface area contributed by atoms with E-state index in [-0.39, 0.29) is 16.7 Å². The molecule has 7 nitrogen and oxygen atoms in total. The molecule has 0 aliphatic carbocycles. The average Bonchev–Trinajstić information content (AvgIpc) is 3.24. The summed E-state index contributed by atoms with van der Waals surface area (Å²) in [6, 6.07) is 23.6. The lowest BCUT2D eigenvalue weighted by molar-refractivity contribution is 0.102. The van der Waals surface area contributed by atoms with Gasteiger partial charge in [-0.1, -0.05) is 48.5 Å². The first kappa shape index (κ1) is 19.9. The number of hydrogen-bond acceptors (Lipinski definition) is 6. The zero-order valence-corrected chi connectivity index (χ0v) is 17.3. The molecule has 0 atom stereocenters. The zero-order valence-electron chi connectivity index (χ0n) is 16.5. The van der Waals surface area contributed by atoms with E-state index in [1.807, 2.05) is 30.3 Å². The molecule has 32 heavy (non-hydrogen) atoms. The maximum absolute atomic E-state index is 12.7. The minimum absolute atomic E-state index is 0.0900. The van der Waals surface area contributed by atoms with Crippen LogP contribution in [-0.4, -0.2) is 23.9 Å². The lowest BCUT2D eigenvalue weighted by Crippen LogP contribution is -2.13. The van der Waals surface area contributed by atoms with E-state index in [9.17, 15) is 17.8 Å². The normalized spacial score (nSPS) is 11.7. The Morgan fingerprint density at radius 3 is 2.28 bits per heavy atom. The second-order valence-corrected chi connectivity index (χ2v) is 8.46. The van der Waals surface area contributed by atoms with Crippen LogP contribution < -0.4 is 5.32 Å². The molecule has 158 valence electrons. The Morgan fingerprint density at radius 1 is 0.906 bits per heavy atom. The summed E-state index contributed by atoms with van der Waals surface area (Å²) < 4.78 is 42.2. The van der Waals surface area contributed by atoms with Gasteiger partial charge in [0, 0.05) is 28.0 Å². The van der Waals surface area contributed by atoms with Crippen molar-refractivity contribution in [3.63, 3.8) is 0 Å². The fourth-order valence-corrected chi connectivity index (χ4v) is 4.34. The summed E-state index contributed by atoms with van der Waals surface area (Å²) in [7, 11) is -4.89. The van der Waals surface area contributed by atoms with E-state index in [1.165, 1.54) is 0 Å². The molecule has 4 aromatic carbocycles. The molecule has 0 saturated heterocycles. The third kappa shape index (κ3) is 3.51. The van der Waals surface area contributed by atoms with Crippen LogP contribution in [0.2, 0.25) is 0 Å². The van der Waals surface area contributed by atoms with E-state index >= 15 is 0 Å². The van der Waals surface area contributed by atoms with Gasteiger partial charge in [0.1, 0.15) is 15.6 Å². The number of anilines is 1. The Labute approximate surface area is 183 Å². The van der Waals surface area contributed by atoms with Gasteiger partial charge in [0.25, 0.3) is 5.91 Å². The first-order valence-corrected chi connectivity index (χ1v) is 11.1. The van der Waals surface area contributed by atoms with E-state index < -0.39 is 20.9 Å². The number of benzene rings is 4. The Morgan fingerprint density at radius 2 is 1.59 bits per heavy atom. The van der Waals surface area contributed by atoms with Crippen molar-refractivity contribution < 1.29 is 22.2 Å². The molecule has 0 saturated carbocycles. The van der Waals surface area contributed by atoms with Gasteiger partial charge in [0.15, 0.2) is 5.58 Å². The summed E-state index contributed by atoms with van der Waals surface area (Å²) in [6.07, 6.45) is 0. The van der Waals surface area contributed by atoms with Gasteiger partial charge in [-0.05, 0) is 30.3 Å². The van der Waals surface area contributed by atoms with E-state index in [1.54, 1.807) is 48.5 Å². The van der Waals surface area contributed by atoms with Gasteiger partial charge in [-0.25, -0.2) is 13.4 Å². The van der Waals surface area contributed by atoms with Gasteiger partial charge >= 0.3 is 0 Å². The van der Waals surface area contributed by atoms with Crippen LogP contribution >= 0.6 is 0 Å². The number of nitrogens with zero attached hydrogens (tertiary/aromatic N) is 1. The molecular weight excluding hydrogens is 428 g/mol. The molecule has 1 heterocycles. The van der Waals surface area contributed by atoms with Crippen molar-refractivity contribution >= 4 is 43.6 Å². The molecule has 0 bridgehead atoms. The van der Waals surface area contributed by atoms with Crippen LogP contribution in [-0.2, 0) is 10.1 Å². The molecule has 1 aromatic heterocycles. The number of fused-ring (bicyclic) bond motifs is 3. The first-order chi connectivity index (χ1) is 15.4. The fraction of sp³-hybridized carbons (Fsp3) is 0. The molecule has 1 amide bonds. The number of oxazole rings is 1. The van der Waals surface area contributed by atoms with E-state index in [4.69, 9.17) is 4.42 Å². The lowest BCUT2D eigenvalue weighted by atomic mass is 10.1. The summed E-state index contributed by atoms with van der Waals surface area (Å²) in [5.41, 5.74) is 1.85. The molecule has 1 N–H and O–H groups in total. The third-order valence-electron chi connectivity index (χ3n) is 5.06. The number of nitrogens with one attached hydrogen (secondary N) is 1. The average molecular weight is 443 g/mol. The van der Waals surface area contributed by atoms with Crippen molar-refractivity contribution in [2.24, 2.45) is 0 Å². The molecule has 0 fully saturated rings. The summed E-state index contributed by atoms with van der Waals surface area (Å²) in [5.74, 6) is -0.140. The third-order valence-corrected chi connectivity index (χ3v) is 5.92. The Bertz CT molecular complexity index is 1580.